The number of alkyl halides is 2. The van der Waals surface area contributed by atoms with Crippen LogP contribution in [0, 0.1) is 5.82 Å². The monoisotopic (exact) mass is 487 g/mol. The molecule has 5 nitrogen and oxygen atoms in total. The first-order valence-electron chi connectivity index (χ1n) is 12.4. The Balaban J connectivity index is 1.45. The van der Waals surface area contributed by atoms with Crippen LogP contribution in [0.3, 0.4) is 0 Å². The molecule has 0 radical (unpaired) electrons. The fraction of sp³-hybridized carbons (Fsp3) is 0.519. The van der Waals surface area contributed by atoms with E-state index < -0.39 is 17.5 Å². The molecule has 1 aliphatic carbocycles. The zero-order chi connectivity index (χ0) is 24.4. The first-order chi connectivity index (χ1) is 17.0. The van der Waals surface area contributed by atoms with Gasteiger partial charge in [-0.1, -0.05) is 24.3 Å². The number of nitrogens with zero attached hydrogens (tertiary/aromatic N) is 2. The van der Waals surface area contributed by atoms with E-state index in [1.54, 1.807) is 6.20 Å². The lowest BCUT2D eigenvalue weighted by atomic mass is 9.85. The van der Waals surface area contributed by atoms with Crippen LogP contribution in [-0.2, 0) is 11.2 Å². The van der Waals surface area contributed by atoms with Gasteiger partial charge in [0, 0.05) is 31.4 Å². The highest BCUT2D eigenvalue weighted by molar-refractivity contribution is 5.78. The van der Waals surface area contributed by atoms with E-state index in [-0.39, 0.29) is 50.5 Å². The number of halogens is 3. The van der Waals surface area contributed by atoms with Crippen molar-refractivity contribution in [1.29, 1.82) is 0 Å². The molecule has 0 bridgehead atoms. The van der Waals surface area contributed by atoms with Crippen molar-refractivity contribution in [2.45, 2.75) is 43.9 Å². The third-order valence-corrected chi connectivity index (χ3v) is 7.19. The molecule has 2 aromatic rings. The summed E-state index contributed by atoms with van der Waals surface area (Å²) in [6.07, 6.45) is 3.47. The second-order valence-electron chi connectivity index (χ2n) is 9.76. The zero-order valence-corrected chi connectivity index (χ0v) is 20.0. The standard InChI is InChI=1S/C27H32F3N3O2/c1-18-13-21-20-6-3-2-5-19(20)14-22(21)26(33(18)15-27(30)16-34-17-27)25-24(29)23(7-10-32-25)35-12-11-31-9-4-8-28/h2-3,5-7,10,18,26,31H,4,8-9,11-17H2,1H3/t18-,26+/m1/s1. The Morgan fingerprint density at radius 3 is 2.83 bits per heavy atom. The molecule has 2 aliphatic heterocycles. The van der Waals surface area contributed by atoms with Gasteiger partial charge in [-0.2, -0.15) is 0 Å². The van der Waals surface area contributed by atoms with Gasteiger partial charge >= 0.3 is 0 Å². The summed E-state index contributed by atoms with van der Waals surface area (Å²) in [5.41, 5.74) is 3.55. The Morgan fingerprint density at radius 1 is 1.23 bits per heavy atom. The van der Waals surface area contributed by atoms with E-state index in [1.165, 1.54) is 22.8 Å². The summed E-state index contributed by atoms with van der Waals surface area (Å²) in [6.45, 7) is 3.26. The second kappa shape index (κ2) is 10.3. The van der Waals surface area contributed by atoms with Gasteiger partial charge in [0.05, 0.1) is 25.9 Å². The van der Waals surface area contributed by atoms with Crippen molar-refractivity contribution < 1.29 is 22.6 Å². The average molecular weight is 488 g/mol. The summed E-state index contributed by atoms with van der Waals surface area (Å²) in [5.74, 6) is -0.388. The molecule has 1 fully saturated rings. The molecular formula is C27H32F3N3O2. The quantitative estimate of drug-likeness (QED) is 0.503. The highest BCUT2D eigenvalue weighted by Crippen LogP contribution is 2.49. The molecule has 0 saturated carbocycles. The van der Waals surface area contributed by atoms with E-state index in [4.69, 9.17) is 9.47 Å². The summed E-state index contributed by atoms with van der Waals surface area (Å²) in [5, 5.41) is 3.07. The molecular weight excluding hydrogens is 455 g/mol. The van der Waals surface area contributed by atoms with Crippen molar-refractivity contribution in [1.82, 2.24) is 15.2 Å². The Labute approximate surface area is 204 Å². The van der Waals surface area contributed by atoms with Crippen LogP contribution >= 0.6 is 0 Å². The molecule has 3 heterocycles. The van der Waals surface area contributed by atoms with Crippen molar-refractivity contribution in [3.8, 4) is 5.75 Å². The Morgan fingerprint density at radius 2 is 2.06 bits per heavy atom. The van der Waals surface area contributed by atoms with Crippen LogP contribution in [0.25, 0.3) is 5.57 Å². The maximum Gasteiger partial charge on any atom is 0.188 e. The lowest BCUT2D eigenvalue weighted by Crippen LogP contribution is -2.57. The summed E-state index contributed by atoms with van der Waals surface area (Å²) in [4.78, 5) is 6.53. The van der Waals surface area contributed by atoms with Crippen molar-refractivity contribution in [2.75, 3.05) is 46.1 Å². The van der Waals surface area contributed by atoms with Crippen molar-refractivity contribution in [3.63, 3.8) is 0 Å². The molecule has 0 unspecified atom stereocenters. The number of fused-ring (bicyclic) bond motifs is 2. The third-order valence-electron chi connectivity index (χ3n) is 7.19. The van der Waals surface area contributed by atoms with Crippen LogP contribution in [0.15, 0.2) is 42.1 Å². The van der Waals surface area contributed by atoms with Gasteiger partial charge in [0.25, 0.3) is 0 Å². The van der Waals surface area contributed by atoms with E-state index in [0.717, 1.165) is 12.0 Å². The van der Waals surface area contributed by atoms with Gasteiger partial charge in [-0.3, -0.25) is 14.3 Å². The Hall–Kier alpha value is -2.42. The number of nitrogens with one attached hydrogen (secondary N) is 1. The number of hydrogen-bond donors (Lipinski definition) is 1. The zero-order valence-electron chi connectivity index (χ0n) is 20.0. The molecule has 8 heteroatoms. The van der Waals surface area contributed by atoms with Gasteiger partial charge in [0.15, 0.2) is 17.2 Å². The molecule has 0 amide bonds. The molecule has 35 heavy (non-hydrogen) atoms. The molecule has 3 aliphatic rings. The number of rotatable bonds is 10. The fourth-order valence-corrected chi connectivity index (χ4v) is 5.43. The molecule has 5 rings (SSSR count). The van der Waals surface area contributed by atoms with E-state index in [9.17, 15) is 4.39 Å². The van der Waals surface area contributed by atoms with Crippen LogP contribution in [0.1, 0.15) is 42.6 Å². The van der Waals surface area contributed by atoms with Gasteiger partial charge in [-0.25, -0.2) is 8.78 Å². The molecule has 188 valence electrons. The number of ether oxygens (including phenoxy) is 2. The van der Waals surface area contributed by atoms with Crippen LogP contribution in [0.4, 0.5) is 13.2 Å². The van der Waals surface area contributed by atoms with E-state index in [0.29, 0.717) is 25.9 Å². The fourth-order valence-electron chi connectivity index (χ4n) is 5.43. The summed E-state index contributed by atoms with van der Waals surface area (Å²) < 4.78 is 54.3. The minimum Gasteiger partial charge on any atom is -0.489 e. The van der Waals surface area contributed by atoms with E-state index in [2.05, 4.69) is 34.3 Å². The maximum atomic E-state index is 15.9. The van der Waals surface area contributed by atoms with Gasteiger partial charge in [0.2, 0.25) is 0 Å². The van der Waals surface area contributed by atoms with Crippen molar-refractivity contribution >= 4 is 5.57 Å². The SMILES string of the molecule is C[C@@H]1CC2=C(Cc3ccccc32)[C@@H](c2nccc(OCCNCCCF)c2F)N1CC1(F)COC1. The Kier molecular flexibility index (Phi) is 7.14. The molecule has 1 aromatic heterocycles. The smallest absolute Gasteiger partial charge is 0.188 e. The lowest BCUT2D eigenvalue weighted by molar-refractivity contribution is -0.147. The highest BCUT2D eigenvalue weighted by Gasteiger charge is 2.47. The van der Waals surface area contributed by atoms with Crippen molar-refractivity contribution in [3.05, 3.63) is 64.7 Å². The normalized spacial score (nSPS) is 23.1. The average Bonchev–Trinajstić information content (AvgIpc) is 3.20. The van der Waals surface area contributed by atoms with Gasteiger partial charge in [0.1, 0.15) is 12.3 Å². The molecule has 0 spiro atoms. The molecule has 1 N–H and O–H groups in total. The highest BCUT2D eigenvalue weighted by atomic mass is 19.1. The maximum absolute atomic E-state index is 15.9. The number of aromatic nitrogens is 1. The topological polar surface area (TPSA) is 46.6 Å². The lowest BCUT2D eigenvalue weighted by Gasteiger charge is -2.46. The largest absolute Gasteiger partial charge is 0.489 e. The molecule has 2 atom stereocenters. The predicted molar refractivity (Wildman–Crippen MR) is 128 cm³/mol. The number of pyridine rings is 1. The Bertz CT molecular complexity index is 1090. The van der Waals surface area contributed by atoms with Crippen LogP contribution < -0.4 is 10.1 Å². The van der Waals surface area contributed by atoms with Crippen LogP contribution in [-0.4, -0.2) is 67.7 Å². The van der Waals surface area contributed by atoms with E-state index in [1.807, 2.05) is 12.1 Å². The number of benzene rings is 1. The van der Waals surface area contributed by atoms with Gasteiger partial charge in [-0.15, -0.1) is 0 Å². The van der Waals surface area contributed by atoms with Gasteiger partial charge < -0.3 is 14.8 Å². The first-order valence-corrected chi connectivity index (χ1v) is 12.4. The molecule has 1 saturated heterocycles. The third kappa shape index (κ3) is 4.84. The predicted octanol–water partition coefficient (Wildman–Crippen LogP) is 4.43. The second-order valence-corrected chi connectivity index (χ2v) is 9.76. The summed E-state index contributed by atoms with van der Waals surface area (Å²) in [6, 6.07) is 9.31. The minimum atomic E-state index is -1.44. The number of hydrogen-bond acceptors (Lipinski definition) is 5. The summed E-state index contributed by atoms with van der Waals surface area (Å²) >= 11 is 0. The molecule has 1 aromatic carbocycles. The van der Waals surface area contributed by atoms with Crippen LogP contribution in [0.2, 0.25) is 0 Å². The first kappa shape index (κ1) is 24.3. The van der Waals surface area contributed by atoms with E-state index >= 15 is 8.78 Å². The van der Waals surface area contributed by atoms with Crippen LogP contribution in [0.5, 0.6) is 5.75 Å². The van der Waals surface area contributed by atoms with Crippen molar-refractivity contribution in [2.24, 2.45) is 0 Å². The minimum absolute atomic E-state index is 0.00334. The summed E-state index contributed by atoms with van der Waals surface area (Å²) in [7, 11) is 0. The van der Waals surface area contributed by atoms with Gasteiger partial charge in [-0.05, 0) is 55.0 Å².